The average molecular weight is 425 g/mol. The molecule has 1 aliphatic heterocycles. The maximum Gasteiger partial charge on any atom is 0.225 e. The van der Waals surface area contributed by atoms with Crippen LogP contribution in [0.4, 0.5) is 4.39 Å². The van der Waals surface area contributed by atoms with Gasteiger partial charge in [-0.05, 0) is 47.7 Å². The molecule has 0 unspecified atom stereocenters. The predicted octanol–water partition coefficient (Wildman–Crippen LogP) is 3.86. The molecule has 162 valence electrons. The van der Waals surface area contributed by atoms with E-state index < -0.39 is 5.92 Å². The highest BCUT2D eigenvalue weighted by Gasteiger charge is 2.38. The Morgan fingerprint density at radius 3 is 2.10 bits per heavy atom. The zero-order chi connectivity index (χ0) is 22.1. The summed E-state index contributed by atoms with van der Waals surface area (Å²) in [6.45, 7) is 0. The largest absolute Gasteiger partial charge is 0.493 e. The van der Waals surface area contributed by atoms with Gasteiger partial charge in [0.2, 0.25) is 11.7 Å². The lowest BCUT2D eigenvalue weighted by Crippen LogP contribution is -2.38. The highest BCUT2D eigenvalue weighted by Crippen LogP contribution is 2.46. The number of benzene rings is 2. The summed E-state index contributed by atoms with van der Waals surface area (Å²) < 4.78 is 29.6. The molecule has 4 rings (SSSR count). The van der Waals surface area contributed by atoms with E-state index in [1.54, 1.807) is 24.3 Å². The number of nitrogens with one attached hydrogen (secondary N) is 1. The summed E-state index contributed by atoms with van der Waals surface area (Å²) in [5.41, 5.74) is 2.89. The van der Waals surface area contributed by atoms with Crippen molar-refractivity contribution < 1.29 is 28.2 Å². The van der Waals surface area contributed by atoms with E-state index in [1.165, 1.54) is 33.5 Å². The second-order valence-corrected chi connectivity index (χ2v) is 7.74. The molecule has 2 aliphatic rings. The number of ketones is 1. The molecule has 1 heterocycles. The number of carbonyl (C=O) groups is 2. The summed E-state index contributed by atoms with van der Waals surface area (Å²) in [5, 5.41) is 2.90. The zero-order valence-electron chi connectivity index (χ0n) is 17.7. The number of carbonyl (C=O) groups excluding carboxylic acids is 2. The molecule has 1 aliphatic carbocycles. The maximum atomic E-state index is 13.3. The topological polar surface area (TPSA) is 73.9 Å². The number of methoxy groups -OCH3 is 3. The summed E-state index contributed by atoms with van der Waals surface area (Å²) in [5.74, 6) is 0.396. The second-order valence-electron chi connectivity index (χ2n) is 7.74. The van der Waals surface area contributed by atoms with E-state index in [2.05, 4.69) is 5.32 Å². The first-order chi connectivity index (χ1) is 14.9. The van der Waals surface area contributed by atoms with Crippen molar-refractivity contribution in [3.05, 3.63) is 64.6 Å². The van der Waals surface area contributed by atoms with Crippen molar-refractivity contribution in [2.24, 2.45) is 0 Å². The third-order valence-corrected chi connectivity index (χ3v) is 5.97. The molecule has 2 atom stereocenters. The van der Waals surface area contributed by atoms with Crippen molar-refractivity contribution in [1.82, 2.24) is 5.32 Å². The average Bonchev–Trinajstić information content (AvgIpc) is 2.77. The van der Waals surface area contributed by atoms with Crippen LogP contribution in [0.2, 0.25) is 0 Å². The van der Waals surface area contributed by atoms with Crippen LogP contribution in [-0.4, -0.2) is 33.0 Å². The fourth-order valence-corrected chi connectivity index (χ4v) is 4.52. The molecule has 2 aromatic rings. The van der Waals surface area contributed by atoms with Crippen molar-refractivity contribution in [2.45, 2.75) is 31.1 Å². The molecular formula is C24H24FNO5. The Bertz CT molecular complexity index is 1040. The van der Waals surface area contributed by atoms with Crippen molar-refractivity contribution in [3.63, 3.8) is 0 Å². The second kappa shape index (κ2) is 8.41. The van der Waals surface area contributed by atoms with Gasteiger partial charge >= 0.3 is 0 Å². The van der Waals surface area contributed by atoms with Crippen LogP contribution in [0.1, 0.15) is 42.2 Å². The first kappa shape index (κ1) is 20.9. The van der Waals surface area contributed by atoms with Crippen molar-refractivity contribution in [3.8, 4) is 17.2 Å². The Hall–Kier alpha value is -3.35. The third kappa shape index (κ3) is 3.87. The molecule has 0 saturated carbocycles. The van der Waals surface area contributed by atoms with E-state index in [1.807, 2.05) is 0 Å². The van der Waals surface area contributed by atoms with Crippen LogP contribution < -0.4 is 19.5 Å². The van der Waals surface area contributed by atoms with Gasteiger partial charge in [0, 0.05) is 30.0 Å². The van der Waals surface area contributed by atoms with Gasteiger partial charge in [-0.1, -0.05) is 12.1 Å². The molecule has 2 aromatic carbocycles. The van der Waals surface area contributed by atoms with Crippen LogP contribution in [0.15, 0.2) is 47.7 Å². The summed E-state index contributed by atoms with van der Waals surface area (Å²) in [4.78, 5) is 25.8. The fourth-order valence-electron chi connectivity index (χ4n) is 4.52. The van der Waals surface area contributed by atoms with E-state index in [-0.39, 0.29) is 29.8 Å². The molecule has 0 saturated heterocycles. The first-order valence-corrected chi connectivity index (χ1v) is 10.1. The highest BCUT2D eigenvalue weighted by atomic mass is 19.1. The lowest BCUT2D eigenvalue weighted by Gasteiger charge is -2.34. The molecule has 0 spiro atoms. The van der Waals surface area contributed by atoms with Crippen LogP contribution in [-0.2, 0) is 9.59 Å². The van der Waals surface area contributed by atoms with Crippen LogP contribution in [0.5, 0.6) is 17.2 Å². The lowest BCUT2D eigenvalue weighted by molar-refractivity contribution is -0.122. The van der Waals surface area contributed by atoms with Gasteiger partial charge in [-0.3, -0.25) is 9.59 Å². The summed E-state index contributed by atoms with van der Waals surface area (Å²) in [7, 11) is 4.58. The van der Waals surface area contributed by atoms with E-state index >= 15 is 0 Å². The van der Waals surface area contributed by atoms with Gasteiger partial charge in [0.05, 0.1) is 21.3 Å². The first-order valence-electron chi connectivity index (χ1n) is 10.1. The molecule has 0 radical (unpaired) electrons. The maximum absolute atomic E-state index is 13.3. The third-order valence-electron chi connectivity index (χ3n) is 5.97. The monoisotopic (exact) mass is 425 g/mol. The summed E-state index contributed by atoms with van der Waals surface area (Å²) in [6, 6.07) is 9.74. The Balaban J connectivity index is 1.75. The number of amides is 1. The number of hydrogen-bond acceptors (Lipinski definition) is 5. The van der Waals surface area contributed by atoms with Gasteiger partial charge in [-0.15, -0.1) is 0 Å². The standard InChI is InChI=1S/C24H24FNO5/c1-29-20-10-15(11-21(30-2)24(20)31-3)17-12-22(28)26-18-8-14(9-19(27)23(17)18)13-4-6-16(25)7-5-13/h4-7,10-11,14,17H,8-9,12H2,1-3H3,(H,26,28)/t14-,17-/m0/s1. The van der Waals surface area contributed by atoms with E-state index in [0.717, 1.165) is 11.1 Å². The van der Waals surface area contributed by atoms with Gasteiger partial charge < -0.3 is 19.5 Å². The molecular weight excluding hydrogens is 401 g/mol. The van der Waals surface area contributed by atoms with E-state index in [4.69, 9.17) is 14.2 Å². The molecule has 0 aromatic heterocycles. The minimum Gasteiger partial charge on any atom is -0.493 e. The van der Waals surface area contributed by atoms with Crippen molar-refractivity contribution >= 4 is 11.7 Å². The molecule has 7 heteroatoms. The fraction of sp³-hybridized carbons (Fsp3) is 0.333. The quantitative estimate of drug-likeness (QED) is 0.788. The molecule has 1 N–H and O–H groups in total. The number of Topliss-reactive ketones (excluding diaryl/α,β-unsaturated/α-hetero) is 1. The van der Waals surface area contributed by atoms with Gasteiger partial charge in [-0.2, -0.15) is 0 Å². The smallest absolute Gasteiger partial charge is 0.225 e. The molecule has 0 fully saturated rings. The van der Waals surface area contributed by atoms with Crippen LogP contribution in [0.25, 0.3) is 0 Å². The van der Waals surface area contributed by atoms with Crippen LogP contribution in [0, 0.1) is 5.82 Å². The Morgan fingerprint density at radius 1 is 0.871 bits per heavy atom. The summed E-state index contributed by atoms with van der Waals surface area (Å²) >= 11 is 0. The normalized spacial score (nSPS) is 20.8. The minimum atomic E-state index is -0.404. The number of halogens is 1. The molecule has 0 bridgehead atoms. The van der Waals surface area contributed by atoms with E-state index in [9.17, 15) is 14.0 Å². The zero-order valence-corrected chi connectivity index (χ0v) is 17.7. The van der Waals surface area contributed by atoms with Gasteiger partial charge in [-0.25, -0.2) is 4.39 Å². The molecule has 31 heavy (non-hydrogen) atoms. The summed E-state index contributed by atoms with van der Waals surface area (Å²) in [6.07, 6.45) is 0.977. The predicted molar refractivity (Wildman–Crippen MR) is 112 cm³/mol. The molecule has 1 amide bonds. The SMILES string of the molecule is COc1cc([C@@H]2CC(=O)NC3=C2C(=O)C[C@@H](c2ccc(F)cc2)C3)cc(OC)c1OC. The van der Waals surface area contributed by atoms with Gasteiger partial charge in [0.25, 0.3) is 0 Å². The Morgan fingerprint density at radius 2 is 1.52 bits per heavy atom. The van der Waals surface area contributed by atoms with Crippen LogP contribution in [0.3, 0.4) is 0 Å². The number of rotatable bonds is 5. The number of allylic oxidation sites excluding steroid dienone is 2. The van der Waals surface area contributed by atoms with Crippen LogP contribution >= 0.6 is 0 Å². The minimum absolute atomic E-state index is 0.0191. The molecule has 6 nitrogen and oxygen atoms in total. The number of ether oxygens (including phenoxy) is 3. The van der Waals surface area contributed by atoms with Gasteiger partial charge in [0.15, 0.2) is 17.3 Å². The Labute approximate surface area is 180 Å². The van der Waals surface area contributed by atoms with Gasteiger partial charge in [0.1, 0.15) is 5.82 Å². The Kier molecular flexibility index (Phi) is 5.67. The van der Waals surface area contributed by atoms with Crippen molar-refractivity contribution in [1.29, 1.82) is 0 Å². The van der Waals surface area contributed by atoms with E-state index in [0.29, 0.717) is 41.4 Å². The number of hydrogen-bond donors (Lipinski definition) is 1. The lowest BCUT2D eigenvalue weighted by atomic mass is 9.73. The van der Waals surface area contributed by atoms with Crippen molar-refractivity contribution in [2.75, 3.05) is 21.3 Å². The highest BCUT2D eigenvalue weighted by molar-refractivity contribution is 6.02.